The van der Waals surface area contributed by atoms with Gasteiger partial charge in [0.05, 0.1) is 11.7 Å². The number of halogens is 3. The van der Waals surface area contributed by atoms with Crippen LogP contribution in [0, 0.1) is 0 Å². The van der Waals surface area contributed by atoms with Crippen molar-refractivity contribution in [2.75, 3.05) is 18.1 Å². The topological polar surface area (TPSA) is 78.4 Å². The van der Waals surface area contributed by atoms with Crippen LogP contribution in [0.5, 0.6) is 0 Å². The molecule has 0 aliphatic carbocycles. The molecule has 0 aromatic heterocycles. The third kappa shape index (κ3) is 6.00. The van der Waals surface area contributed by atoms with Gasteiger partial charge in [0.15, 0.2) is 0 Å². The van der Waals surface area contributed by atoms with Crippen LogP contribution in [-0.4, -0.2) is 29.7 Å². The highest BCUT2D eigenvalue weighted by Gasteiger charge is 2.30. The molecule has 0 saturated heterocycles. The van der Waals surface area contributed by atoms with Crippen LogP contribution in [0.15, 0.2) is 53.4 Å². The van der Waals surface area contributed by atoms with Gasteiger partial charge in [-0.1, -0.05) is 18.2 Å². The first kappa shape index (κ1) is 20.8. The predicted octanol–water partition coefficient (Wildman–Crippen LogP) is 3.22. The zero-order chi connectivity index (χ0) is 20.0. The molecule has 2 aromatic rings. The molecule has 0 aliphatic rings. The van der Waals surface area contributed by atoms with E-state index >= 15 is 0 Å². The number of thioether (sulfide) groups is 1. The van der Waals surface area contributed by atoms with Gasteiger partial charge in [-0.2, -0.15) is 13.2 Å². The highest BCUT2D eigenvalue weighted by molar-refractivity contribution is 7.98. The number of anilines is 1. The third-order valence-electron chi connectivity index (χ3n) is 3.61. The van der Waals surface area contributed by atoms with Crippen molar-refractivity contribution in [2.45, 2.75) is 17.2 Å². The average molecular weight is 398 g/mol. The molecule has 1 unspecified atom stereocenters. The minimum atomic E-state index is -4.47. The smallest absolute Gasteiger partial charge is 0.387 e. The number of hydrogen-bond acceptors (Lipinski definition) is 4. The number of carbonyl (C=O) groups is 2. The van der Waals surface area contributed by atoms with Gasteiger partial charge in [0.2, 0.25) is 0 Å². The maximum Gasteiger partial charge on any atom is 0.416 e. The summed E-state index contributed by atoms with van der Waals surface area (Å²) in [5.74, 6) is -1.87. The Labute approximate surface area is 158 Å². The van der Waals surface area contributed by atoms with Crippen LogP contribution in [0.3, 0.4) is 0 Å². The Morgan fingerprint density at radius 2 is 1.78 bits per heavy atom. The Hall–Kier alpha value is -2.52. The number of aliphatic hydroxyl groups excluding tert-OH is 1. The molecule has 0 saturated carbocycles. The van der Waals surface area contributed by atoms with Crippen molar-refractivity contribution in [1.82, 2.24) is 5.32 Å². The minimum absolute atomic E-state index is 0.191. The molecular formula is C18H17F3N2O3S. The van der Waals surface area contributed by atoms with Gasteiger partial charge in [0, 0.05) is 17.1 Å². The van der Waals surface area contributed by atoms with Crippen LogP contribution in [0.1, 0.15) is 17.2 Å². The summed E-state index contributed by atoms with van der Waals surface area (Å²) in [6, 6.07) is 10.8. The van der Waals surface area contributed by atoms with Gasteiger partial charge in [-0.25, -0.2) is 0 Å². The molecule has 5 nitrogen and oxygen atoms in total. The zero-order valence-corrected chi connectivity index (χ0v) is 15.0. The number of carbonyl (C=O) groups excluding carboxylic acids is 2. The minimum Gasteiger partial charge on any atom is -0.387 e. The van der Waals surface area contributed by atoms with Crippen molar-refractivity contribution in [3.63, 3.8) is 0 Å². The highest BCUT2D eigenvalue weighted by Crippen LogP contribution is 2.29. The number of benzene rings is 2. The van der Waals surface area contributed by atoms with Crippen LogP contribution in [0.2, 0.25) is 0 Å². The second-order valence-electron chi connectivity index (χ2n) is 5.53. The summed E-state index contributed by atoms with van der Waals surface area (Å²) in [4.78, 5) is 24.6. The standard InChI is InChI=1S/C18H17F3N2O3S/c1-27-14-4-2-3-13(9-14)23-17(26)16(25)22-10-15(24)11-5-7-12(8-6-11)18(19,20)21/h2-9,15,24H,10H2,1H3,(H,22,25)(H,23,26). The molecular weight excluding hydrogens is 381 g/mol. The van der Waals surface area contributed by atoms with E-state index in [1.165, 1.54) is 11.8 Å². The SMILES string of the molecule is CSc1cccc(NC(=O)C(=O)NCC(O)c2ccc(C(F)(F)F)cc2)c1. The maximum atomic E-state index is 12.5. The van der Waals surface area contributed by atoms with E-state index in [9.17, 15) is 27.9 Å². The molecule has 0 aliphatic heterocycles. The Balaban J connectivity index is 1.89. The molecule has 0 heterocycles. The van der Waals surface area contributed by atoms with Crippen molar-refractivity contribution in [2.24, 2.45) is 0 Å². The molecule has 9 heteroatoms. The number of alkyl halides is 3. The summed E-state index contributed by atoms with van der Waals surface area (Å²) in [7, 11) is 0. The van der Waals surface area contributed by atoms with Gasteiger partial charge in [-0.3, -0.25) is 9.59 Å². The molecule has 2 aromatic carbocycles. The van der Waals surface area contributed by atoms with Gasteiger partial charge >= 0.3 is 18.0 Å². The molecule has 1 atom stereocenters. The quantitative estimate of drug-likeness (QED) is 0.534. The molecule has 3 N–H and O–H groups in total. The molecule has 27 heavy (non-hydrogen) atoms. The second kappa shape index (κ2) is 8.92. The van der Waals surface area contributed by atoms with E-state index in [0.717, 1.165) is 29.2 Å². The van der Waals surface area contributed by atoms with Crippen molar-refractivity contribution >= 4 is 29.3 Å². The number of nitrogens with one attached hydrogen (secondary N) is 2. The van der Waals surface area contributed by atoms with Crippen molar-refractivity contribution in [3.05, 3.63) is 59.7 Å². The first-order valence-corrected chi connectivity index (χ1v) is 9.01. The van der Waals surface area contributed by atoms with Crippen LogP contribution >= 0.6 is 11.8 Å². The number of rotatable bonds is 5. The van der Waals surface area contributed by atoms with E-state index in [0.29, 0.717) is 5.69 Å². The summed E-state index contributed by atoms with van der Waals surface area (Å²) in [6.07, 6.45) is -3.84. The fourth-order valence-electron chi connectivity index (χ4n) is 2.17. The summed E-state index contributed by atoms with van der Waals surface area (Å²) in [5.41, 5.74) is -0.198. The average Bonchev–Trinajstić information content (AvgIpc) is 2.65. The Morgan fingerprint density at radius 1 is 1.11 bits per heavy atom. The van der Waals surface area contributed by atoms with Crippen LogP contribution in [-0.2, 0) is 15.8 Å². The third-order valence-corrected chi connectivity index (χ3v) is 4.34. The van der Waals surface area contributed by atoms with Gasteiger partial charge in [0.1, 0.15) is 0 Å². The van der Waals surface area contributed by atoms with Gasteiger partial charge in [0.25, 0.3) is 0 Å². The van der Waals surface area contributed by atoms with E-state index in [1.54, 1.807) is 18.2 Å². The van der Waals surface area contributed by atoms with Crippen molar-refractivity contribution in [1.29, 1.82) is 0 Å². The number of hydrogen-bond donors (Lipinski definition) is 3. The second-order valence-corrected chi connectivity index (χ2v) is 6.41. The van der Waals surface area contributed by atoms with Crippen LogP contribution < -0.4 is 10.6 Å². The van der Waals surface area contributed by atoms with Gasteiger partial charge in [-0.05, 0) is 42.2 Å². The van der Waals surface area contributed by atoms with Gasteiger partial charge < -0.3 is 15.7 Å². The van der Waals surface area contributed by atoms with Gasteiger partial charge in [-0.15, -0.1) is 11.8 Å². The molecule has 0 radical (unpaired) electrons. The largest absolute Gasteiger partial charge is 0.416 e. The van der Waals surface area contributed by atoms with E-state index in [4.69, 9.17) is 0 Å². The number of aliphatic hydroxyl groups is 1. The monoisotopic (exact) mass is 398 g/mol. The first-order valence-electron chi connectivity index (χ1n) is 7.79. The predicted molar refractivity (Wildman–Crippen MR) is 96.3 cm³/mol. The fourth-order valence-corrected chi connectivity index (χ4v) is 2.63. The lowest BCUT2D eigenvalue weighted by molar-refractivity contribution is -0.137. The fraction of sp³-hybridized carbons (Fsp3) is 0.222. The first-order chi connectivity index (χ1) is 12.7. The Kier molecular flexibility index (Phi) is 6.86. The highest BCUT2D eigenvalue weighted by atomic mass is 32.2. The van der Waals surface area contributed by atoms with Crippen molar-refractivity contribution < 1.29 is 27.9 Å². The molecule has 2 rings (SSSR count). The van der Waals surface area contributed by atoms with Crippen LogP contribution in [0.4, 0.5) is 18.9 Å². The lowest BCUT2D eigenvalue weighted by Crippen LogP contribution is -2.37. The Bertz CT molecular complexity index is 810. The summed E-state index contributed by atoms with van der Waals surface area (Å²) in [6.45, 7) is -0.317. The molecule has 0 fully saturated rings. The summed E-state index contributed by atoms with van der Waals surface area (Å²) >= 11 is 1.48. The number of amides is 2. The van der Waals surface area contributed by atoms with E-state index in [-0.39, 0.29) is 12.1 Å². The Morgan fingerprint density at radius 3 is 2.37 bits per heavy atom. The van der Waals surface area contributed by atoms with E-state index < -0.39 is 29.7 Å². The van der Waals surface area contributed by atoms with E-state index in [1.807, 2.05) is 12.3 Å². The van der Waals surface area contributed by atoms with E-state index in [2.05, 4.69) is 10.6 Å². The summed E-state index contributed by atoms with van der Waals surface area (Å²) < 4.78 is 37.6. The molecule has 0 spiro atoms. The maximum absolute atomic E-state index is 12.5. The molecule has 0 bridgehead atoms. The molecule has 2 amide bonds. The lowest BCUT2D eigenvalue weighted by Gasteiger charge is -2.13. The zero-order valence-electron chi connectivity index (χ0n) is 14.2. The molecule has 144 valence electrons. The lowest BCUT2D eigenvalue weighted by atomic mass is 10.1. The normalized spacial score (nSPS) is 12.3. The van der Waals surface area contributed by atoms with Crippen molar-refractivity contribution in [3.8, 4) is 0 Å². The van der Waals surface area contributed by atoms with Crippen LogP contribution in [0.25, 0.3) is 0 Å². The summed E-state index contributed by atoms with van der Waals surface area (Å²) in [5, 5.41) is 14.7.